The molecule has 0 spiro atoms. The first-order valence-corrected chi connectivity index (χ1v) is 9.11. The normalized spacial score (nSPS) is 14.6. The predicted molar refractivity (Wildman–Crippen MR) is 104 cm³/mol. The van der Waals surface area contributed by atoms with E-state index < -0.39 is 5.60 Å². The monoisotopic (exact) mass is 341 g/mol. The molecule has 0 atom stereocenters. The van der Waals surface area contributed by atoms with E-state index in [2.05, 4.69) is 50.3 Å². The van der Waals surface area contributed by atoms with Crippen molar-refractivity contribution >= 4 is 6.09 Å². The second-order valence-corrected chi connectivity index (χ2v) is 7.98. The molecule has 1 aromatic carbocycles. The first-order valence-electron chi connectivity index (χ1n) is 9.11. The van der Waals surface area contributed by atoms with Crippen LogP contribution in [0.3, 0.4) is 0 Å². The summed E-state index contributed by atoms with van der Waals surface area (Å²) in [7, 11) is 0. The Bertz CT molecular complexity index is 648. The summed E-state index contributed by atoms with van der Waals surface area (Å²) in [5, 5.41) is 0. The summed E-state index contributed by atoms with van der Waals surface area (Å²) in [5.74, 6) is 0. The van der Waals surface area contributed by atoms with Gasteiger partial charge in [0, 0.05) is 13.1 Å². The SMILES string of the molecule is CC1=CC=C(CN(CCc2ccc(C)cc2)C(=O)OC(C)(C)C)CC1. The fourth-order valence-corrected chi connectivity index (χ4v) is 2.74. The molecule has 3 heteroatoms. The van der Waals surface area contributed by atoms with Crippen molar-refractivity contribution in [3.05, 3.63) is 58.7 Å². The Balaban J connectivity index is 2.05. The number of amides is 1. The van der Waals surface area contributed by atoms with Crippen LogP contribution in [0.5, 0.6) is 0 Å². The summed E-state index contributed by atoms with van der Waals surface area (Å²) in [6.45, 7) is 11.3. The highest BCUT2D eigenvalue weighted by Crippen LogP contribution is 2.20. The molecule has 1 aliphatic carbocycles. The molecule has 1 aromatic rings. The van der Waals surface area contributed by atoms with Gasteiger partial charge in [-0.2, -0.15) is 0 Å². The smallest absolute Gasteiger partial charge is 0.410 e. The van der Waals surface area contributed by atoms with Crippen molar-refractivity contribution in [1.82, 2.24) is 4.90 Å². The molecule has 0 aliphatic heterocycles. The molecule has 0 aromatic heterocycles. The predicted octanol–water partition coefficient (Wildman–Crippen LogP) is 5.44. The van der Waals surface area contributed by atoms with Gasteiger partial charge in [-0.1, -0.05) is 53.1 Å². The Hall–Kier alpha value is -2.03. The third-order valence-corrected chi connectivity index (χ3v) is 4.28. The second kappa shape index (κ2) is 8.37. The zero-order valence-corrected chi connectivity index (χ0v) is 16.3. The summed E-state index contributed by atoms with van der Waals surface area (Å²) in [4.78, 5) is 14.5. The molecule has 0 unspecified atom stereocenters. The topological polar surface area (TPSA) is 29.5 Å². The minimum atomic E-state index is -0.476. The number of benzene rings is 1. The summed E-state index contributed by atoms with van der Waals surface area (Å²) in [6, 6.07) is 8.50. The Labute approximate surface area is 152 Å². The van der Waals surface area contributed by atoms with Crippen LogP contribution in [0.4, 0.5) is 4.79 Å². The largest absolute Gasteiger partial charge is 0.444 e. The fraction of sp³-hybridized carbons (Fsp3) is 0.500. The molecule has 136 valence electrons. The third-order valence-electron chi connectivity index (χ3n) is 4.28. The van der Waals surface area contributed by atoms with Gasteiger partial charge < -0.3 is 9.64 Å². The third kappa shape index (κ3) is 6.77. The maximum Gasteiger partial charge on any atom is 0.410 e. The minimum absolute atomic E-state index is 0.230. The highest BCUT2D eigenvalue weighted by molar-refractivity contribution is 5.68. The van der Waals surface area contributed by atoms with E-state index in [1.54, 1.807) is 0 Å². The molecule has 0 fully saturated rings. The van der Waals surface area contributed by atoms with E-state index in [1.807, 2.05) is 25.7 Å². The Morgan fingerprint density at radius 1 is 1.08 bits per heavy atom. The van der Waals surface area contributed by atoms with Crippen molar-refractivity contribution in [2.75, 3.05) is 13.1 Å². The number of rotatable bonds is 5. The molecular formula is C22H31NO2. The molecule has 25 heavy (non-hydrogen) atoms. The average molecular weight is 341 g/mol. The van der Waals surface area contributed by atoms with E-state index in [0.717, 1.165) is 19.3 Å². The second-order valence-electron chi connectivity index (χ2n) is 7.98. The van der Waals surface area contributed by atoms with Crippen molar-refractivity contribution in [2.24, 2.45) is 0 Å². The van der Waals surface area contributed by atoms with Crippen LogP contribution in [-0.2, 0) is 11.2 Å². The lowest BCUT2D eigenvalue weighted by molar-refractivity contribution is 0.0268. The van der Waals surface area contributed by atoms with Crippen LogP contribution in [0.15, 0.2) is 47.6 Å². The Morgan fingerprint density at radius 3 is 2.32 bits per heavy atom. The maximum atomic E-state index is 12.6. The van der Waals surface area contributed by atoms with Crippen molar-refractivity contribution in [2.45, 2.75) is 59.5 Å². The van der Waals surface area contributed by atoms with Crippen molar-refractivity contribution in [3.63, 3.8) is 0 Å². The molecule has 3 nitrogen and oxygen atoms in total. The van der Waals surface area contributed by atoms with Crippen LogP contribution in [0.1, 0.15) is 51.7 Å². The summed E-state index contributed by atoms with van der Waals surface area (Å²) < 4.78 is 5.61. The highest BCUT2D eigenvalue weighted by atomic mass is 16.6. The molecule has 1 aliphatic rings. The van der Waals surface area contributed by atoms with Gasteiger partial charge in [0.1, 0.15) is 5.60 Å². The zero-order valence-electron chi connectivity index (χ0n) is 16.3. The van der Waals surface area contributed by atoms with Crippen LogP contribution < -0.4 is 0 Å². The minimum Gasteiger partial charge on any atom is -0.444 e. The number of aryl methyl sites for hydroxylation is 1. The van der Waals surface area contributed by atoms with Crippen LogP contribution >= 0.6 is 0 Å². The highest BCUT2D eigenvalue weighted by Gasteiger charge is 2.23. The van der Waals surface area contributed by atoms with E-state index in [9.17, 15) is 4.79 Å². The average Bonchev–Trinajstić information content (AvgIpc) is 2.53. The van der Waals surface area contributed by atoms with Crippen molar-refractivity contribution < 1.29 is 9.53 Å². The zero-order chi connectivity index (χ0) is 18.4. The summed E-state index contributed by atoms with van der Waals surface area (Å²) >= 11 is 0. The number of hydrogen-bond acceptors (Lipinski definition) is 2. The van der Waals surface area contributed by atoms with Gasteiger partial charge in [0.15, 0.2) is 0 Å². The first-order chi connectivity index (χ1) is 11.7. The lowest BCUT2D eigenvalue weighted by Gasteiger charge is -2.29. The number of ether oxygens (including phenoxy) is 1. The molecule has 2 rings (SSSR count). The van der Waals surface area contributed by atoms with Crippen LogP contribution in [0, 0.1) is 6.92 Å². The van der Waals surface area contributed by atoms with E-state index in [1.165, 1.54) is 22.3 Å². The quantitative estimate of drug-likeness (QED) is 0.713. The van der Waals surface area contributed by atoms with Crippen molar-refractivity contribution in [3.8, 4) is 0 Å². The number of carbonyl (C=O) groups is 1. The molecule has 0 bridgehead atoms. The van der Waals surface area contributed by atoms with Gasteiger partial charge in [-0.3, -0.25) is 0 Å². The first kappa shape index (κ1) is 19.3. The molecule has 0 radical (unpaired) electrons. The van der Waals surface area contributed by atoms with E-state index >= 15 is 0 Å². The molecule has 0 saturated carbocycles. The number of hydrogen-bond donors (Lipinski definition) is 0. The van der Waals surface area contributed by atoms with Gasteiger partial charge in [0.2, 0.25) is 0 Å². The lowest BCUT2D eigenvalue weighted by atomic mass is 9.99. The van der Waals surface area contributed by atoms with Gasteiger partial charge in [0.25, 0.3) is 0 Å². The lowest BCUT2D eigenvalue weighted by Crippen LogP contribution is -2.39. The van der Waals surface area contributed by atoms with Gasteiger partial charge >= 0.3 is 6.09 Å². The Morgan fingerprint density at radius 2 is 1.76 bits per heavy atom. The number of allylic oxidation sites excluding steroid dienone is 3. The number of nitrogens with zero attached hydrogens (tertiary/aromatic N) is 1. The molecule has 0 saturated heterocycles. The maximum absolute atomic E-state index is 12.6. The molecule has 0 N–H and O–H groups in total. The summed E-state index contributed by atoms with van der Waals surface area (Å²) in [5.41, 5.74) is 4.71. The fourth-order valence-electron chi connectivity index (χ4n) is 2.74. The van der Waals surface area contributed by atoms with E-state index in [0.29, 0.717) is 13.1 Å². The molecular weight excluding hydrogens is 310 g/mol. The molecule has 0 heterocycles. The van der Waals surface area contributed by atoms with Crippen LogP contribution in [0.25, 0.3) is 0 Å². The standard InChI is InChI=1S/C22H31NO2/c1-17-6-10-19(11-7-17)14-15-23(21(24)25-22(3,4)5)16-20-12-8-18(2)9-13-20/h6-8,10-12H,9,13-16H2,1-5H3. The van der Waals surface area contributed by atoms with Gasteiger partial charge in [-0.05, 0) is 59.4 Å². The Kier molecular flexibility index (Phi) is 6.46. The molecule has 1 amide bonds. The summed E-state index contributed by atoms with van der Waals surface area (Å²) in [6.07, 6.45) is 7.01. The van der Waals surface area contributed by atoms with Gasteiger partial charge in [0.05, 0.1) is 0 Å². The van der Waals surface area contributed by atoms with E-state index in [4.69, 9.17) is 4.74 Å². The number of carbonyl (C=O) groups excluding carboxylic acids is 1. The van der Waals surface area contributed by atoms with Gasteiger partial charge in [-0.15, -0.1) is 0 Å². The van der Waals surface area contributed by atoms with Gasteiger partial charge in [-0.25, -0.2) is 4.79 Å². The van der Waals surface area contributed by atoms with E-state index in [-0.39, 0.29) is 6.09 Å². The van der Waals surface area contributed by atoms with Crippen LogP contribution in [0.2, 0.25) is 0 Å². The van der Waals surface area contributed by atoms with Crippen molar-refractivity contribution in [1.29, 1.82) is 0 Å². The van der Waals surface area contributed by atoms with Crippen LogP contribution in [-0.4, -0.2) is 29.7 Å².